The molecule has 0 saturated carbocycles. The van der Waals surface area contributed by atoms with Crippen LogP contribution in [0.2, 0.25) is 0 Å². The molecular formula is C16H19N3O2S. The van der Waals surface area contributed by atoms with Crippen LogP contribution in [0.1, 0.15) is 18.7 Å². The molecule has 0 aliphatic rings. The summed E-state index contributed by atoms with van der Waals surface area (Å²) in [7, 11) is 0. The number of hydrazone groups is 1. The number of nitrogens with zero attached hydrogens (tertiary/aromatic N) is 1. The van der Waals surface area contributed by atoms with Crippen molar-refractivity contribution in [2.45, 2.75) is 19.9 Å². The van der Waals surface area contributed by atoms with Crippen molar-refractivity contribution in [2.75, 3.05) is 11.9 Å². The highest BCUT2D eigenvalue weighted by atomic mass is 32.1. The van der Waals surface area contributed by atoms with E-state index >= 15 is 0 Å². The summed E-state index contributed by atoms with van der Waals surface area (Å²) < 4.78 is 5.38. The molecule has 1 heterocycles. The van der Waals surface area contributed by atoms with Crippen LogP contribution in [0.25, 0.3) is 0 Å². The minimum absolute atomic E-state index is 0.193. The molecule has 1 aromatic heterocycles. The van der Waals surface area contributed by atoms with Crippen molar-refractivity contribution in [1.29, 1.82) is 0 Å². The minimum Gasteiger partial charge on any atom is -0.494 e. The van der Waals surface area contributed by atoms with Gasteiger partial charge in [-0.2, -0.15) is 5.10 Å². The van der Waals surface area contributed by atoms with Crippen molar-refractivity contribution >= 4 is 29.1 Å². The second-order valence-corrected chi connectivity index (χ2v) is 5.55. The predicted octanol–water partition coefficient (Wildman–Crippen LogP) is 3.10. The normalized spacial score (nSPS) is 12.1. The fraction of sp³-hybridized carbons (Fsp3) is 0.250. The fourth-order valence-electron chi connectivity index (χ4n) is 1.75. The number of anilines is 1. The lowest BCUT2D eigenvalue weighted by molar-refractivity contribution is -0.121. The maximum atomic E-state index is 11.9. The van der Waals surface area contributed by atoms with Crippen molar-refractivity contribution in [2.24, 2.45) is 5.10 Å². The fourth-order valence-corrected chi connectivity index (χ4v) is 2.34. The maximum Gasteiger partial charge on any atom is 0.262 e. The summed E-state index contributed by atoms with van der Waals surface area (Å²) in [6.45, 7) is 4.36. The molecule has 0 unspecified atom stereocenters. The summed E-state index contributed by atoms with van der Waals surface area (Å²) in [5, 5.41) is 9.01. The van der Waals surface area contributed by atoms with E-state index in [1.54, 1.807) is 24.5 Å². The Morgan fingerprint density at radius 3 is 2.77 bits per heavy atom. The lowest BCUT2D eigenvalue weighted by Crippen LogP contribution is -2.34. The van der Waals surface area contributed by atoms with Crippen LogP contribution >= 0.6 is 11.3 Å². The molecule has 0 spiro atoms. The smallest absolute Gasteiger partial charge is 0.262 e. The zero-order chi connectivity index (χ0) is 15.8. The van der Waals surface area contributed by atoms with Gasteiger partial charge in [-0.1, -0.05) is 6.07 Å². The van der Waals surface area contributed by atoms with Crippen LogP contribution in [-0.4, -0.2) is 24.8 Å². The second-order valence-electron chi connectivity index (χ2n) is 4.57. The van der Waals surface area contributed by atoms with Gasteiger partial charge in [0.1, 0.15) is 11.8 Å². The number of carbonyl (C=O) groups excluding carboxylic acids is 1. The minimum atomic E-state index is -0.390. The van der Waals surface area contributed by atoms with Crippen molar-refractivity contribution in [1.82, 2.24) is 5.43 Å². The number of carbonyl (C=O) groups is 1. The molecule has 1 amide bonds. The van der Waals surface area contributed by atoms with E-state index in [1.165, 1.54) is 0 Å². The summed E-state index contributed by atoms with van der Waals surface area (Å²) in [5.74, 6) is 0.618. The first kappa shape index (κ1) is 16.0. The van der Waals surface area contributed by atoms with E-state index in [1.807, 2.05) is 48.7 Å². The van der Waals surface area contributed by atoms with Crippen molar-refractivity contribution in [3.05, 3.63) is 46.7 Å². The maximum absolute atomic E-state index is 11.9. The number of hydrogen-bond acceptors (Lipinski definition) is 5. The first-order chi connectivity index (χ1) is 10.7. The second kappa shape index (κ2) is 8.19. The Kier molecular flexibility index (Phi) is 5.97. The third-order valence-corrected chi connectivity index (χ3v) is 3.66. The average Bonchev–Trinajstić information content (AvgIpc) is 3.02. The third-order valence-electron chi connectivity index (χ3n) is 2.85. The van der Waals surface area contributed by atoms with E-state index in [0.717, 1.165) is 16.3 Å². The summed E-state index contributed by atoms with van der Waals surface area (Å²) >= 11 is 1.56. The molecule has 5 nitrogen and oxygen atoms in total. The van der Waals surface area contributed by atoms with Gasteiger partial charge in [0, 0.05) is 10.6 Å². The third kappa shape index (κ3) is 4.89. The Hall–Kier alpha value is -2.34. The van der Waals surface area contributed by atoms with Gasteiger partial charge >= 0.3 is 0 Å². The van der Waals surface area contributed by atoms with Crippen molar-refractivity contribution in [3.8, 4) is 5.75 Å². The molecule has 2 N–H and O–H groups in total. The average molecular weight is 317 g/mol. The molecule has 2 rings (SSSR count). The zero-order valence-electron chi connectivity index (χ0n) is 12.6. The molecule has 116 valence electrons. The number of rotatable bonds is 7. The SMILES string of the molecule is CCOc1ccc(N[C@H](C)C(=O)N/N=C\c2cccs2)cc1. The summed E-state index contributed by atoms with van der Waals surface area (Å²) in [5.41, 5.74) is 3.38. The van der Waals surface area contributed by atoms with E-state index in [-0.39, 0.29) is 5.91 Å². The lowest BCUT2D eigenvalue weighted by Gasteiger charge is -2.13. The molecule has 1 aromatic carbocycles. The topological polar surface area (TPSA) is 62.7 Å². The van der Waals surface area contributed by atoms with Crippen LogP contribution in [0.15, 0.2) is 46.9 Å². The highest BCUT2D eigenvalue weighted by Crippen LogP contribution is 2.16. The Labute approximate surface area is 134 Å². The lowest BCUT2D eigenvalue weighted by atomic mass is 10.2. The first-order valence-corrected chi connectivity index (χ1v) is 7.93. The highest BCUT2D eigenvalue weighted by molar-refractivity contribution is 7.11. The van der Waals surface area contributed by atoms with Crippen molar-refractivity contribution in [3.63, 3.8) is 0 Å². The van der Waals surface area contributed by atoms with Gasteiger partial charge in [0.15, 0.2) is 0 Å². The standard InChI is InChI=1S/C16H19N3O2S/c1-3-21-14-8-6-13(7-9-14)18-12(2)16(20)19-17-11-15-5-4-10-22-15/h4-12,18H,3H2,1-2H3,(H,19,20)/b17-11-/t12-/m1/s1. The number of ether oxygens (including phenoxy) is 1. The van der Waals surface area contributed by atoms with Crippen LogP contribution in [-0.2, 0) is 4.79 Å². The molecule has 0 aliphatic heterocycles. The number of thiophene rings is 1. The molecule has 0 saturated heterocycles. The van der Waals surface area contributed by atoms with Gasteiger partial charge in [-0.25, -0.2) is 5.43 Å². The summed E-state index contributed by atoms with van der Waals surface area (Å²) in [6.07, 6.45) is 1.63. The van der Waals surface area contributed by atoms with Gasteiger partial charge in [-0.3, -0.25) is 4.79 Å². The largest absolute Gasteiger partial charge is 0.494 e. The monoisotopic (exact) mass is 317 g/mol. The van der Waals surface area contributed by atoms with Crippen molar-refractivity contribution < 1.29 is 9.53 Å². The molecular weight excluding hydrogens is 298 g/mol. The molecule has 2 aromatic rings. The van der Waals surface area contributed by atoms with E-state index in [9.17, 15) is 4.79 Å². The van der Waals surface area contributed by atoms with Gasteiger partial charge < -0.3 is 10.1 Å². The van der Waals surface area contributed by atoms with Gasteiger partial charge in [0.2, 0.25) is 0 Å². The van der Waals surface area contributed by atoms with Crippen LogP contribution in [0, 0.1) is 0 Å². The van der Waals surface area contributed by atoms with Gasteiger partial charge in [-0.05, 0) is 49.6 Å². The van der Waals surface area contributed by atoms with E-state index in [0.29, 0.717) is 6.61 Å². The molecule has 0 aliphatic carbocycles. The molecule has 1 atom stereocenters. The molecule has 0 bridgehead atoms. The van der Waals surface area contributed by atoms with Crippen LogP contribution < -0.4 is 15.5 Å². The zero-order valence-corrected chi connectivity index (χ0v) is 13.4. The summed E-state index contributed by atoms with van der Waals surface area (Å²) in [4.78, 5) is 12.9. The summed E-state index contributed by atoms with van der Waals surface area (Å²) in [6, 6.07) is 11.0. The Balaban J connectivity index is 1.82. The van der Waals surface area contributed by atoms with Crippen LogP contribution in [0.4, 0.5) is 5.69 Å². The van der Waals surface area contributed by atoms with E-state index in [4.69, 9.17) is 4.74 Å². The first-order valence-electron chi connectivity index (χ1n) is 7.05. The van der Waals surface area contributed by atoms with E-state index < -0.39 is 6.04 Å². The van der Waals surface area contributed by atoms with Gasteiger partial charge in [0.25, 0.3) is 5.91 Å². The number of hydrogen-bond donors (Lipinski definition) is 2. The highest BCUT2D eigenvalue weighted by Gasteiger charge is 2.11. The molecule has 6 heteroatoms. The van der Waals surface area contributed by atoms with Crippen LogP contribution in [0.3, 0.4) is 0 Å². The number of amides is 1. The van der Waals surface area contributed by atoms with E-state index in [2.05, 4.69) is 15.8 Å². The molecule has 0 fully saturated rings. The molecule has 0 radical (unpaired) electrons. The number of nitrogens with one attached hydrogen (secondary N) is 2. The Morgan fingerprint density at radius 1 is 1.36 bits per heavy atom. The Morgan fingerprint density at radius 2 is 2.14 bits per heavy atom. The predicted molar refractivity (Wildman–Crippen MR) is 90.8 cm³/mol. The van der Waals surface area contributed by atoms with Gasteiger partial charge in [-0.15, -0.1) is 11.3 Å². The number of benzene rings is 1. The van der Waals surface area contributed by atoms with Gasteiger partial charge in [0.05, 0.1) is 12.8 Å². The Bertz CT molecular complexity index is 609. The van der Waals surface area contributed by atoms with Crippen LogP contribution in [0.5, 0.6) is 5.75 Å². The molecule has 22 heavy (non-hydrogen) atoms. The quantitative estimate of drug-likeness (QED) is 0.609.